The maximum Gasteiger partial charge on any atom is 0.229 e. The minimum atomic E-state index is -1.56. The van der Waals surface area contributed by atoms with Gasteiger partial charge in [0.2, 0.25) is 6.29 Å². The molecule has 33 heavy (non-hydrogen) atoms. The zero-order valence-corrected chi connectivity index (χ0v) is 17.3. The highest BCUT2D eigenvalue weighted by Crippen LogP contribution is 2.34. The average molecular weight is 458 g/mol. The molecule has 0 radical (unpaired) electrons. The van der Waals surface area contributed by atoms with Crippen molar-refractivity contribution in [3.05, 3.63) is 52.9 Å². The quantitative estimate of drug-likeness (QED) is 0.433. The van der Waals surface area contributed by atoms with Crippen molar-refractivity contribution in [3.8, 4) is 28.4 Å². The number of fused-ring (bicyclic) bond motifs is 2. The fraction of sp³-hybridized carbons (Fsp3) is 0.348. The van der Waals surface area contributed by atoms with E-state index < -0.39 is 37.3 Å². The molecule has 0 amide bonds. The summed E-state index contributed by atoms with van der Waals surface area (Å²) in [6.07, 6.45) is -5.70. The molecule has 2 aromatic carbocycles. The van der Waals surface area contributed by atoms with Gasteiger partial charge in [-0.2, -0.15) is 0 Å². The molecule has 4 N–H and O–H groups in total. The summed E-state index contributed by atoms with van der Waals surface area (Å²) in [6, 6.07) is 9.68. The first-order valence-corrected chi connectivity index (χ1v) is 10.4. The normalized spacial score (nSPS) is 26.8. The standard InChI is InChI=1S/C23H22O10/c24-9-18-20(26)21(27)22(28)23(33-18)32-12-2-3-13-16(8-12)31-10-14(19(13)25)11-1-4-15-17(7-11)30-6-5-29-15/h1-4,7-8,10,18,20-24,26-28H,5-6,9H2/t18-,20+,21+,22+,23+/m0/s1. The van der Waals surface area contributed by atoms with E-state index in [2.05, 4.69) is 0 Å². The summed E-state index contributed by atoms with van der Waals surface area (Å²) in [5.74, 6) is 1.37. The Hall–Kier alpha value is -3.15. The van der Waals surface area contributed by atoms with Crippen LogP contribution in [0.2, 0.25) is 0 Å². The van der Waals surface area contributed by atoms with Crippen molar-refractivity contribution in [1.82, 2.24) is 0 Å². The maximum atomic E-state index is 13.1. The van der Waals surface area contributed by atoms with Gasteiger partial charge in [0, 0.05) is 6.07 Å². The minimum absolute atomic E-state index is 0.196. The summed E-state index contributed by atoms with van der Waals surface area (Å²) >= 11 is 0. The molecule has 2 aliphatic heterocycles. The lowest BCUT2D eigenvalue weighted by Gasteiger charge is -2.39. The zero-order chi connectivity index (χ0) is 23.1. The first kappa shape index (κ1) is 21.7. The van der Waals surface area contributed by atoms with Gasteiger partial charge in [0.05, 0.1) is 17.6 Å². The van der Waals surface area contributed by atoms with Gasteiger partial charge >= 0.3 is 0 Å². The van der Waals surface area contributed by atoms with Crippen LogP contribution in [0.3, 0.4) is 0 Å². The van der Waals surface area contributed by atoms with Crippen LogP contribution in [0.5, 0.6) is 17.2 Å². The van der Waals surface area contributed by atoms with Crippen LogP contribution < -0.4 is 19.6 Å². The lowest BCUT2D eigenvalue weighted by molar-refractivity contribution is -0.277. The Morgan fingerprint density at radius 3 is 2.52 bits per heavy atom. The van der Waals surface area contributed by atoms with E-state index in [-0.39, 0.29) is 16.8 Å². The number of benzene rings is 2. The first-order valence-electron chi connectivity index (χ1n) is 10.4. The molecule has 0 unspecified atom stereocenters. The Bertz CT molecular complexity index is 1220. The van der Waals surface area contributed by atoms with E-state index in [1.54, 1.807) is 18.2 Å². The number of hydrogen-bond acceptors (Lipinski definition) is 10. The number of hydrogen-bond donors (Lipinski definition) is 4. The Labute approximate surface area is 187 Å². The van der Waals surface area contributed by atoms with Gasteiger partial charge < -0.3 is 43.8 Å². The topological polar surface area (TPSA) is 148 Å². The molecule has 5 atom stereocenters. The molecule has 0 spiro atoms. The Morgan fingerprint density at radius 2 is 1.73 bits per heavy atom. The largest absolute Gasteiger partial charge is 0.486 e. The van der Waals surface area contributed by atoms with Crippen LogP contribution in [0.4, 0.5) is 0 Å². The van der Waals surface area contributed by atoms with Gasteiger partial charge in [-0.1, -0.05) is 6.07 Å². The van der Waals surface area contributed by atoms with E-state index in [1.807, 2.05) is 0 Å². The predicted octanol–water partition coefficient (Wildman–Crippen LogP) is 0.410. The van der Waals surface area contributed by atoms with Gasteiger partial charge in [-0.05, 0) is 29.8 Å². The number of aliphatic hydroxyl groups excluding tert-OH is 4. The van der Waals surface area contributed by atoms with E-state index in [0.29, 0.717) is 41.2 Å². The fourth-order valence-corrected chi connectivity index (χ4v) is 3.89. The van der Waals surface area contributed by atoms with Crippen LogP contribution in [0, 0.1) is 0 Å². The smallest absolute Gasteiger partial charge is 0.229 e. The molecule has 174 valence electrons. The van der Waals surface area contributed by atoms with Gasteiger partial charge in [-0.15, -0.1) is 0 Å². The van der Waals surface area contributed by atoms with E-state index in [9.17, 15) is 25.2 Å². The highest BCUT2D eigenvalue weighted by molar-refractivity contribution is 5.83. The summed E-state index contributed by atoms with van der Waals surface area (Å²) in [5.41, 5.74) is 0.953. The van der Waals surface area contributed by atoms with Crippen LogP contribution in [0.25, 0.3) is 22.1 Å². The summed E-state index contributed by atoms with van der Waals surface area (Å²) in [4.78, 5) is 13.1. The predicted molar refractivity (Wildman–Crippen MR) is 113 cm³/mol. The first-order chi connectivity index (χ1) is 16.0. The zero-order valence-electron chi connectivity index (χ0n) is 17.3. The van der Waals surface area contributed by atoms with Gasteiger partial charge in [-0.25, -0.2) is 0 Å². The third-order valence-corrected chi connectivity index (χ3v) is 5.70. The van der Waals surface area contributed by atoms with Crippen LogP contribution >= 0.6 is 0 Å². The third-order valence-electron chi connectivity index (χ3n) is 5.70. The Morgan fingerprint density at radius 1 is 0.939 bits per heavy atom. The van der Waals surface area contributed by atoms with Crippen molar-refractivity contribution >= 4 is 11.0 Å². The van der Waals surface area contributed by atoms with Gasteiger partial charge in [0.25, 0.3) is 0 Å². The molecule has 1 fully saturated rings. The number of ether oxygens (including phenoxy) is 4. The number of aliphatic hydroxyl groups is 4. The highest BCUT2D eigenvalue weighted by atomic mass is 16.7. The SMILES string of the molecule is O=c1c(-c2ccc3c(c2)OCCO3)coc2cc(O[C@@H]3O[C@@H](CO)[C@@H](O)[C@@H](O)[C@H]3O)ccc12. The molecule has 5 rings (SSSR count). The minimum Gasteiger partial charge on any atom is -0.486 e. The van der Waals surface area contributed by atoms with E-state index in [4.69, 9.17) is 23.4 Å². The van der Waals surface area contributed by atoms with Crippen LogP contribution in [0.15, 0.2) is 51.9 Å². The Balaban J connectivity index is 1.42. The van der Waals surface area contributed by atoms with Crippen LogP contribution in [-0.4, -0.2) is 71.0 Å². The van der Waals surface area contributed by atoms with Crippen molar-refractivity contribution in [2.45, 2.75) is 30.7 Å². The van der Waals surface area contributed by atoms with Crippen molar-refractivity contribution in [3.63, 3.8) is 0 Å². The van der Waals surface area contributed by atoms with Gasteiger partial charge in [-0.3, -0.25) is 4.79 Å². The van der Waals surface area contributed by atoms with Crippen molar-refractivity contribution < 1.29 is 43.8 Å². The second-order valence-corrected chi connectivity index (χ2v) is 7.81. The lowest BCUT2D eigenvalue weighted by atomic mass is 9.99. The summed E-state index contributed by atoms with van der Waals surface area (Å²) < 4.78 is 27.7. The molecule has 2 aliphatic rings. The molecular formula is C23H22O10. The molecule has 0 aliphatic carbocycles. The fourth-order valence-electron chi connectivity index (χ4n) is 3.89. The van der Waals surface area contributed by atoms with E-state index >= 15 is 0 Å². The van der Waals surface area contributed by atoms with Crippen molar-refractivity contribution in [2.75, 3.05) is 19.8 Å². The maximum absolute atomic E-state index is 13.1. The van der Waals surface area contributed by atoms with E-state index in [1.165, 1.54) is 24.5 Å². The summed E-state index contributed by atoms with van der Waals surface area (Å²) in [5, 5.41) is 39.6. The van der Waals surface area contributed by atoms with Crippen molar-refractivity contribution in [2.24, 2.45) is 0 Å². The summed E-state index contributed by atoms with van der Waals surface area (Å²) in [7, 11) is 0. The molecule has 1 aromatic heterocycles. The number of rotatable bonds is 4. The van der Waals surface area contributed by atoms with Gasteiger partial charge in [0.1, 0.15) is 55.2 Å². The molecule has 3 heterocycles. The highest BCUT2D eigenvalue weighted by Gasteiger charge is 2.44. The molecule has 10 heteroatoms. The molecule has 10 nitrogen and oxygen atoms in total. The molecular weight excluding hydrogens is 436 g/mol. The molecule has 1 saturated heterocycles. The third kappa shape index (κ3) is 3.92. The van der Waals surface area contributed by atoms with E-state index in [0.717, 1.165) is 0 Å². The summed E-state index contributed by atoms with van der Waals surface area (Å²) in [6.45, 7) is 0.331. The molecule has 3 aromatic rings. The molecule has 0 bridgehead atoms. The van der Waals surface area contributed by atoms with Crippen molar-refractivity contribution in [1.29, 1.82) is 0 Å². The second-order valence-electron chi connectivity index (χ2n) is 7.81. The second kappa shape index (κ2) is 8.65. The van der Waals surface area contributed by atoms with Crippen LogP contribution in [0.1, 0.15) is 0 Å². The lowest BCUT2D eigenvalue weighted by Crippen LogP contribution is -2.60. The molecule has 0 saturated carbocycles. The average Bonchev–Trinajstić information content (AvgIpc) is 2.84. The Kier molecular flexibility index (Phi) is 5.69. The van der Waals surface area contributed by atoms with Crippen LogP contribution in [-0.2, 0) is 4.74 Å². The van der Waals surface area contributed by atoms with Gasteiger partial charge in [0.15, 0.2) is 16.9 Å². The monoisotopic (exact) mass is 458 g/mol.